The van der Waals surface area contributed by atoms with E-state index in [1.807, 2.05) is 18.2 Å². The lowest BCUT2D eigenvalue weighted by Crippen LogP contribution is -2.57. The van der Waals surface area contributed by atoms with Crippen LogP contribution in [0.4, 0.5) is 11.8 Å². The predicted molar refractivity (Wildman–Crippen MR) is 129 cm³/mol. The predicted octanol–water partition coefficient (Wildman–Crippen LogP) is 1.74. The Morgan fingerprint density at radius 1 is 1.09 bits per heavy atom. The fraction of sp³-hybridized carbons (Fsp3) is 0.350. The molecule has 0 saturated carbocycles. The first-order valence-corrected chi connectivity index (χ1v) is 14.2. The highest BCUT2D eigenvalue weighted by atomic mass is 35.5. The molecule has 13 heteroatoms. The zero-order valence-corrected chi connectivity index (χ0v) is 20.4. The Kier molecular flexibility index (Phi) is 6.45. The number of nitrogens with one attached hydrogen (secondary N) is 1. The molecular weight excluding hydrogens is 488 g/mol. The normalized spacial score (nSPS) is 17.9. The number of aromatic nitrogens is 3. The van der Waals surface area contributed by atoms with Gasteiger partial charge in [-0.3, -0.25) is 0 Å². The fourth-order valence-corrected chi connectivity index (χ4v) is 5.95. The van der Waals surface area contributed by atoms with Gasteiger partial charge >= 0.3 is 0 Å². The number of halogens is 1. The van der Waals surface area contributed by atoms with Crippen LogP contribution in [0, 0.1) is 0 Å². The Balaban J connectivity index is 1.64. The van der Waals surface area contributed by atoms with Gasteiger partial charge in [0.15, 0.2) is 9.84 Å². The number of fused-ring (bicyclic) bond motifs is 1. The molecule has 0 amide bonds. The highest BCUT2D eigenvalue weighted by Crippen LogP contribution is 2.29. The summed E-state index contributed by atoms with van der Waals surface area (Å²) in [6.45, 7) is 0.589. The van der Waals surface area contributed by atoms with Crippen molar-refractivity contribution < 1.29 is 16.8 Å². The monoisotopic (exact) mass is 510 g/mol. The molecule has 1 unspecified atom stereocenters. The van der Waals surface area contributed by atoms with Crippen molar-refractivity contribution in [3.05, 3.63) is 53.3 Å². The zero-order valence-electron chi connectivity index (χ0n) is 18.0. The van der Waals surface area contributed by atoms with Crippen LogP contribution < -0.4 is 10.2 Å². The lowest BCUT2D eigenvalue weighted by molar-refractivity contribution is 0.367. The number of nitrogens with zero attached hydrogens (tertiary/aromatic N) is 5. The molecule has 1 N–H and O–H groups in total. The molecule has 10 nitrogen and oxygen atoms in total. The molecule has 1 aliphatic rings. The molecule has 33 heavy (non-hydrogen) atoms. The summed E-state index contributed by atoms with van der Waals surface area (Å²) < 4.78 is 50.2. The summed E-state index contributed by atoms with van der Waals surface area (Å²) in [7, 11) is -7.15. The van der Waals surface area contributed by atoms with Crippen LogP contribution in [-0.2, 0) is 26.4 Å². The van der Waals surface area contributed by atoms with Crippen molar-refractivity contribution in [2.45, 2.75) is 11.9 Å². The van der Waals surface area contributed by atoms with Crippen molar-refractivity contribution in [2.75, 3.05) is 42.4 Å². The van der Waals surface area contributed by atoms with E-state index < -0.39 is 25.2 Å². The summed E-state index contributed by atoms with van der Waals surface area (Å²) in [5.41, 5.74) is 1.48. The van der Waals surface area contributed by atoms with Crippen molar-refractivity contribution in [1.82, 2.24) is 19.3 Å². The average molecular weight is 511 g/mol. The third-order valence-electron chi connectivity index (χ3n) is 5.42. The van der Waals surface area contributed by atoms with E-state index in [0.29, 0.717) is 34.2 Å². The van der Waals surface area contributed by atoms with Crippen LogP contribution >= 0.6 is 11.6 Å². The van der Waals surface area contributed by atoms with Gasteiger partial charge in [0, 0.05) is 49.9 Å². The Morgan fingerprint density at radius 3 is 2.55 bits per heavy atom. The molecular formula is C20H23ClN6O4S2. The van der Waals surface area contributed by atoms with Gasteiger partial charge in [-0.25, -0.2) is 31.8 Å². The molecule has 1 fully saturated rings. The number of rotatable bonds is 6. The third-order valence-corrected chi connectivity index (χ3v) is 8.45. The lowest BCUT2D eigenvalue weighted by atomic mass is 10.2. The number of sulfonamides is 1. The van der Waals surface area contributed by atoms with Crippen molar-refractivity contribution in [3.8, 4) is 0 Å². The van der Waals surface area contributed by atoms with E-state index >= 15 is 0 Å². The molecule has 1 aliphatic heterocycles. The number of anilines is 2. The minimum atomic E-state index is -3.62. The van der Waals surface area contributed by atoms with Gasteiger partial charge in [0.2, 0.25) is 16.0 Å². The van der Waals surface area contributed by atoms with Gasteiger partial charge in [-0.15, -0.1) is 0 Å². The zero-order chi connectivity index (χ0) is 23.8. The number of piperazine rings is 1. The second kappa shape index (κ2) is 9.01. The minimum Gasteiger partial charge on any atom is -0.350 e. The average Bonchev–Trinajstić information content (AvgIpc) is 2.76. The number of sulfone groups is 1. The Bertz CT molecular complexity index is 1400. The number of hydrogen-bond donors (Lipinski definition) is 1. The van der Waals surface area contributed by atoms with Gasteiger partial charge < -0.3 is 10.2 Å². The summed E-state index contributed by atoms with van der Waals surface area (Å²) >= 11 is 6.20. The summed E-state index contributed by atoms with van der Waals surface area (Å²) in [6, 6.07) is 9.17. The van der Waals surface area contributed by atoms with E-state index in [-0.39, 0.29) is 19.6 Å². The van der Waals surface area contributed by atoms with Crippen LogP contribution in [0.3, 0.4) is 0 Å². The third kappa shape index (κ3) is 5.18. The maximum absolute atomic E-state index is 12.5. The topological polar surface area (TPSA) is 125 Å². The van der Waals surface area contributed by atoms with Crippen molar-refractivity contribution in [1.29, 1.82) is 0 Å². The van der Waals surface area contributed by atoms with E-state index in [2.05, 4.69) is 20.3 Å². The van der Waals surface area contributed by atoms with E-state index in [4.69, 9.17) is 11.6 Å². The highest BCUT2D eigenvalue weighted by molar-refractivity contribution is 7.91. The van der Waals surface area contributed by atoms with Gasteiger partial charge in [-0.1, -0.05) is 29.8 Å². The van der Waals surface area contributed by atoms with Gasteiger partial charge in [0.25, 0.3) is 0 Å². The first kappa shape index (κ1) is 23.6. The molecule has 0 spiro atoms. The van der Waals surface area contributed by atoms with Crippen LogP contribution in [0.1, 0.15) is 5.56 Å². The van der Waals surface area contributed by atoms with Crippen LogP contribution in [0.5, 0.6) is 0 Å². The number of hydrogen-bond acceptors (Lipinski definition) is 9. The van der Waals surface area contributed by atoms with Crippen molar-refractivity contribution in [3.63, 3.8) is 0 Å². The molecule has 0 bridgehead atoms. The Morgan fingerprint density at radius 2 is 1.85 bits per heavy atom. The van der Waals surface area contributed by atoms with Gasteiger partial charge in [0.1, 0.15) is 11.2 Å². The molecule has 176 valence electrons. The molecule has 0 radical (unpaired) electrons. The molecule has 1 aromatic carbocycles. The second-order valence-electron chi connectivity index (χ2n) is 7.80. The summed E-state index contributed by atoms with van der Waals surface area (Å²) in [6.07, 6.45) is 5.30. The molecule has 4 rings (SSSR count). The minimum absolute atomic E-state index is 0.154. The molecule has 1 atom stereocenters. The maximum atomic E-state index is 12.5. The largest absolute Gasteiger partial charge is 0.350 e. The van der Waals surface area contributed by atoms with Crippen LogP contribution in [0.25, 0.3) is 10.9 Å². The summed E-state index contributed by atoms with van der Waals surface area (Å²) in [5, 5.41) is 3.27. The van der Waals surface area contributed by atoms with Gasteiger partial charge in [-0.2, -0.15) is 4.31 Å². The first-order valence-electron chi connectivity index (χ1n) is 10.0. The quantitative estimate of drug-likeness (QED) is 0.527. The van der Waals surface area contributed by atoms with E-state index in [0.717, 1.165) is 18.1 Å². The smallest absolute Gasteiger partial charge is 0.223 e. The van der Waals surface area contributed by atoms with Gasteiger partial charge in [-0.05, 0) is 17.7 Å². The molecule has 3 heterocycles. The van der Waals surface area contributed by atoms with Crippen LogP contribution in [0.15, 0.2) is 42.7 Å². The Hall–Kier alpha value is -2.54. The molecule has 0 aliphatic carbocycles. The van der Waals surface area contributed by atoms with E-state index in [1.165, 1.54) is 4.31 Å². The summed E-state index contributed by atoms with van der Waals surface area (Å²) in [4.78, 5) is 14.9. The van der Waals surface area contributed by atoms with E-state index in [1.54, 1.807) is 29.4 Å². The molecule has 2 aromatic heterocycles. The first-order chi connectivity index (χ1) is 15.5. The van der Waals surface area contributed by atoms with Crippen LogP contribution in [-0.4, -0.2) is 73.6 Å². The SMILES string of the molecule is CS(=O)(=O)C1CN(S(C)(=O)=O)CCN1c1nccc2nc(NCc3ccccc3Cl)ncc12. The van der Waals surface area contributed by atoms with Gasteiger partial charge in [0.05, 0.1) is 17.2 Å². The van der Waals surface area contributed by atoms with Crippen molar-refractivity contribution in [2.24, 2.45) is 0 Å². The Labute approximate surface area is 197 Å². The number of benzene rings is 1. The molecule has 1 saturated heterocycles. The standard InChI is InChI=1S/C20H23ClN6O4S2/c1-32(28,29)18-13-26(33(2,30)31)9-10-27(18)19-15-12-24-20(25-17(15)7-8-22-19)23-11-14-5-3-4-6-16(14)21/h3-8,12,18H,9-11,13H2,1-2H3,(H,23,24,25). The second-order valence-corrected chi connectivity index (χ2v) is 12.4. The van der Waals surface area contributed by atoms with Crippen molar-refractivity contribution >= 4 is 54.1 Å². The highest BCUT2D eigenvalue weighted by Gasteiger charge is 2.38. The maximum Gasteiger partial charge on any atom is 0.223 e. The number of pyridine rings is 1. The fourth-order valence-electron chi connectivity index (χ4n) is 3.71. The van der Waals surface area contributed by atoms with Crippen LogP contribution in [0.2, 0.25) is 5.02 Å². The summed E-state index contributed by atoms with van der Waals surface area (Å²) in [5.74, 6) is 0.787. The van der Waals surface area contributed by atoms with E-state index in [9.17, 15) is 16.8 Å². The molecule has 3 aromatic rings. The lowest BCUT2D eigenvalue weighted by Gasteiger charge is -2.40.